The molecule has 0 spiro atoms. The second-order valence-electron chi connectivity index (χ2n) is 5.41. The second-order valence-corrected chi connectivity index (χ2v) is 6.26. The first-order chi connectivity index (χ1) is 8.65. The summed E-state index contributed by atoms with van der Waals surface area (Å²) in [5.41, 5.74) is 7.06. The van der Waals surface area contributed by atoms with E-state index in [9.17, 15) is 0 Å². The molecule has 0 saturated heterocycles. The number of hydrogen-bond acceptors (Lipinski definition) is 2. The minimum absolute atomic E-state index is 0.196. The van der Waals surface area contributed by atoms with Crippen LogP contribution in [-0.2, 0) is 6.42 Å². The van der Waals surface area contributed by atoms with E-state index in [0.29, 0.717) is 0 Å². The molecule has 1 atom stereocenters. The normalized spacial score (nSPS) is 17.9. The first kappa shape index (κ1) is 13.9. The van der Waals surface area contributed by atoms with Crippen LogP contribution in [-0.4, -0.2) is 12.6 Å². The van der Waals surface area contributed by atoms with Gasteiger partial charge in [0.15, 0.2) is 0 Å². The van der Waals surface area contributed by atoms with Crippen molar-refractivity contribution in [2.75, 3.05) is 6.61 Å². The third kappa shape index (κ3) is 3.99. The van der Waals surface area contributed by atoms with Gasteiger partial charge in [0.05, 0.1) is 11.1 Å². The molecule has 1 aliphatic rings. The van der Waals surface area contributed by atoms with Gasteiger partial charge in [0.1, 0.15) is 5.75 Å². The highest BCUT2D eigenvalue weighted by Gasteiger charge is 2.16. The molecule has 0 bridgehead atoms. The van der Waals surface area contributed by atoms with Gasteiger partial charge in [-0.2, -0.15) is 0 Å². The van der Waals surface area contributed by atoms with E-state index >= 15 is 0 Å². The topological polar surface area (TPSA) is 35.2 Å². The largest absolute Gasteiger partial charge is 0.492 e. The van der Waals surface area contributed by atoms with Crippen LogP contribution in [0.1, 0.15) is 38.2 Å². The van der Waals surface area contributed by atoms with E-state index in [0.717, 1.165) is 29.2 Å². The molecule has 0 aromatic heterocycles. The monoisotopic (exact) mass is 311 g/mol. The fourth-order valence-corrected chi connectivity index (χ4v) is 3.09. The van der Waals surface area contributed by atoms with Crippen molar-refractivity contribution in [2.45, 2.75) is 45.1 Å². The van der Waals surface area contributed by atoms with Crippen molar-refractivity contribution in [3.8, 4) is 5.75 Å². The Bertz CT molecular complexity index is 386. The highest BCUT2D eigenvalue weighted by Crippen LogP contribution is 2.29. The Morgan fingerprint density at radius 1 is 1.39 bits per heavy atom. The van der Waals surface area contributed by atoms with E-state index in [4.69, 9.17) is 10.5 Å². The number of benzene rings is 1. The summed E-state index contributed by atoms with van der Waals surface area (Å²) in [4.78, 5) is 0. The minimum Gasteiger partial charge on any atom is -0.492 e. The molecule has 1 aromatic carbocycles. The highest BCUT2D eigenvalue weighted by molar-refractivity contribution is 9.10. The molecule has 2 nitrogen and oxygen atoms in total. The van der Waals surface area contributed by atoms with Crippen LogP contribution < -0.4 is 10.5 Å². The fourth-order valence-electron chi connectivity index (χ4n) is 2.54. The maximum atomic E-state index is 5.90. The summed E-state index contributed by atoms with van der Waals surface area (Å²) < 4.78 is 6.94. The first-order valence-corrected chi connectivity index (χ1v) is 7.61. The molecule has 1 aliphatic carbocycles. The zero-order chi connectivity index (χ0) is 13.0. The van der Waals surface area contributed by atoms with Crippen LogP contribution in [0.5, 0.6) is 5.75 Å². The second kappa shape index (κ2) is 6.58. The van der Waals surface area contributed by atoms with E-state index < -0.39 is 0 Å². The molecular weight excluding hydrogens is 290 g/mol. The van der Waals surface area contributed by atoms with Crippen LogP contribution in [0.25, 0.3) is 0 Å². The molecule has 3 heteroatoms. The van der Waals surface area contributed by atoms with Crippen LogP contribution >= 0.6 is 15.9 Å². The van der Waals surface area contributed by atoms with E-state index in [1.165, 1.54) is 31.2 Å². The molecule has 1 aromatic rings. The van der Waals surface area contributed by atoms with Gasteiger partial charge in [-0.15, -0.1) is 0 Å². The van der Waals surface area contributed by atoms with Crippen molar-refractivity contribution in [3.05, 3.63) is 28.2 Å². The number of halogens is 1. The standard InChI is InChI=1S/C15H22BrNO/c1-11(17)8-13-6-7-15(14(16)9-13)18-10-12-4-2-3-5-12/h6-7,9,11-12H,2-5,8,10,17H2,1H3. The number of rotatable bonds is 5. The van der Waals surface area contributed by atoms with Crippen molar-refractivity contribution < 1.29 is 4.74 Å². The smallest absolute Gasteiger partial charge is 0.133 e. The van der Waals surface area contributed by atoms with Gasteiger partial charge in [0.25, 0.3) is 0 Å². The zero-order valence-corrected chi connectivity index (χ0v) is 12.6. The summed E-state index contributed by atoms with van der Waals surface area (Å²) in [6.07, 6.45) is 6.27. The summed E-state index contributed by atoms with van der Waals surface area (Å²) in [5.74, 6) is 1.70. The van der Waals surface area contributed by atoms with Crippen molar-refractivity contribution in [3.63, 3.8) is 0 Å². The van der Waals surface area contributed by atoms with Gasteiger partial charge >= 0.3 is 0 Å². The first-order valence-electron chi connectivity index (χ1n) is 6.82. The van der Waals surface area contributed by atoms with Crippen molar-refractivity contribution in [1.82, 2.24) is 0 Å². The zero-order valence-electron chi connectivity index (χ0n) is 11.0. The lowest BCUT2D eigenvalue weighted by molar-refractivity contribution is 0.250. The quantitative estimate of drug-likeness (QED) is 0.895. The molecule has 1 fully saturated rings. The Kier molecular flexibility index (Phi) is 5.07. The molecular formula is C15H22BrNO. The van der Waals surface area contributed by atoms with E-state index in [1.54, 1.807) is 0 Å². The Balaban J connectivity index is 1.92. The van der Waals surface area contributed by atoms with Crippen molar-refractivity contribution in [2.24, 2.45) is 11.7 Å². The third-order valence-corrected chi connectivity index (χ3v) is 4.12. The van der Waals surface area contributed by atoms with Gasteiger partial charge in [0, 0.05) is 6.04 Å². The molecule has 0 heterocycles. The van der Waals surface area contributed by atoms with Gasteiger partial charge in [0.2, 0.25) is 0 Å². The maximum Gasteiger partial charge on any atom is 0.133 e. The van der Waals surface area contributed by atoms with Crippen molar-refractivity contribution >= 4 is 15.9 Å². The Labute approximate surface area is 118 Å². The molecule has 2 N–H and O–H groups in total. The maximum absolute atomic E-state index is 5.90. The van der Waals surface area contributed by atoms with E-state index in [-0.39, 0.29) is 6.04 Å². The predicted molar refractivity (Wildman–Crippen MR) is 78.9 cm³/mol. The van der Waals surface area contributed by atoms with Crippen LogP contribution in [0.4, 0.5) is 0 Å². The predicted octanol–water partition coefficient (Wildman–Crippen LogP) is 3.91. The van der Waals surface area contributed by atoms with Gasteiger partial charge in [-0.05, 0) is 65.7 Å². The van der Waals surface area contributed by atoms with Gasteiger partial charge in [-0.1, -0.05) is 18.9 Å². The van der Waals surface area contributed by atoms with Crippen LogP contribution in [0.3, 0.4) is 0 Å². The Hall–Kier alpha value is -0.540. The molecule has 18 heavy (non-hydrogen) atoms. The highest BCUT2D eigenvalue weighted by atomic mass is 79.9. The van der Waals surface area contributed by atoms with Crippen LogP contribution in [0.2, 0.25) is 0 Å². The summed E-state index contributed by atoms with van der Waals surface area (Å²) in [6, 6.07) is 6.48. The Morgan fingerprint density at radius 3 is 2.72 bits per heavy atom. The number of ether oxygens (including phenoxy) is 1. The van der Waals surface area contributed by atoms with Crippen LogP contribution in [0.15, 0.2) is 22.7 Å². The Morgan fingerprint density at radius 2 is 2.11 bits per heavy atom. The fraction of sp³-hybridized carbons (Fsp3) is 0.600. The van der Waals surface area contributed by atoms with Crippen molar-refractivity contribution in [1.29, 1.82) is 0 Å². The average Bonchev–Trinajstić information content (AvgIpc) is 2.80. The SMILES string of the molecule is CC(N)Cc1ccc(OCC2CCCC2)c(Br)c1. The van der Waals surface area contributed by atoms with E-state index in [1.807, 2.05) is 6.92 Å². The summed E-state index contributed by atoms with van der Waals surface area (Å²) >= 11 is 3.58. The molecule has 0 radical (unpaired) electrons. The lowest BCUT2D eigenvalue weighted by atomic mass is 10.1. The van der Waals surface area contributed by atoms with E-state index in [2.05, 4.69) is 34.1 Å². The minimum atomic E-state index is 0.196. The lowest BCUT2D eigenvalue weighted by Gasteiger charge is -2.14. The molecule has 0 amide bonds. The summed E-state index contributed by atoms with van der Waals surface area (Å²) in [5, 5.41) is 0. The molecule has 1 saturated carbocycles. The molecule has 0 aliphatic heterocycles. The summed E-state index contributed by atoms with van der Waals surface area (Å²) in [7, 11) is 0. The molecule has 1 unspecified atom stereocenters. The van der Waals surface area contributed by atoms with Gasteiger partial charge in [-0.3, -0.25) is 0 Å². The number of hydrogen-bond donors (Lipinski definition) is 1. The molecule has 100 valence electrons. The number of nitrogens with two attached hydrogens (primary N) is 1. The third-order valence-electron chi connectivity index (χ3n) is 3.50. The van der Waals surface area contributed by atoms with Crippen LogP contribution in [0, 0.1) is 5.92 Å². The molecule has 2 rings (SSSR count). The summed E-state index contributed by atoms with van der Waals surface area (Å²) in [6.45, 7) is 2.88. The average molecular weight is 312 g/mol. The van der Waals surface area contributed by atoms with Gasteiger partial charge in [-0.25, -0.2) is 0 Å². The lowest BCUT2D eigenvalue weighted by Crippen LogP contribution is -2.17. The van der Waals surface area contributed by atoms with Gasteiger partial charge < -0.3 is 10.5 Å².